The zero-order valence-electron chi connectivity index (χ0n) is 16.9. The fraction of sp³-hybridized carbons (Fsp3) is 0.182. The van der Waals surface area contributed by atoms with Crippen molar-refractivity contribution < 1.29 is 32.2 Å². The molecule has 7 nitrogen and oxygen atoms in total. The van der Waals surface area contributed by atoms with Gasteiger partial charge in [-0.15, -0.1) is 0 Å². The number of amides is 1. The van der Waals surface area contributed by atoms with Crippen LogP contribution in [0.2, 0.25) is 0 Å². The molecule has 1 amide bonds. The minimum Gasteiger partial charge on any atom is -0.456 e. The minimum atomic E-state index is -4.71. The van der Waals surface area contributed by atoms with Crippen LogP contribution in [0.25, 0.3) is 0 Å². The van der Waals surface area contributed by atoms with Gasteiger partial charge in [-0.3, -0.25) is 9.59 Å². The predicted molar refractivity (Wildman–Crippen MR) is 111 cm³/mol. The van der Waals surface area contributed by atoms with E-state index in [-0.39, 0.29) is 35.4 Å². The highest BCUT2D eigenvalue weighted by atomic mass is 19.4. The number of aryl methyl sites for hydroxylation is 1. The van der Waals surface area contributed by atoms with E-state index in [9.17, 15) is 32.3 Å². The number of carbonyl (C=O) groups excluding carboxylic acids is 1. The lowest BCUT2D eigenvalue weighted by Gasteiger charge is -2.17. The van der Waals surface area contributed by atoms with Gasteiger partial charge in [-0.2, -0.15) is 13.2 Å². The quantitative estimate of drug-likeness (QED) is 0.313. The standard InChI is InChI=1S/C22H19F4N3O4/c23-14-3-5-17(12(9-14)1-6-19(27)30)33-18-10-13(22(24,25)26)2-4-16(18)21(32)29-15-7-8-28-20(31)11-15/h2-5,7-11,19,30H,1,6,27H2,(H2,28,29,31,32). The van der Waals surface area contributed by atoms with Crippen LogP contribution in [-0.4, -0.2) is 22.2 Å². The highest BCUT2D eigenvalue weighted by molar-refractivity contribution is 6.06. The molecule has 0 saturated carbocycles. The molecule has 11 heteroatoms. The van der Waals surface area contributed by atoms with Gasteiger partial charge in [0, 0.05) is 18.0 Å². The number of hydrogen-bond acceptors (Lipinski definition) is 5. The number of benzene rings is 2. The summed E-state index contributed by atoms with van der Waals surface area (Å²) in [6, 6.07) is 8.13. The molecule has 0 aliphatic carbocycles. The number of alkyl halides is 3. The van der Waals surface area contributed by atoms with Crippen molar-refractivity contribution in [3.8, 4) is 11.5 Å². The van der Waals surface area contributed by atoms with Gasteiger partial charge >= 0.3 is 6.18 Å². The normalized spacial score (nSPS) is 12.3. The molecule has 0 aliphatic rings. The van der Waals surface area contributed by atoms with Gasteiger partial charge < -0.3 is 25.9 Å². The van der Waals surface area contributed by atoms with Crippen molar-refractivity contribution >= 4 is 11.6 Å². The lowest BCUT2D eigenvalue weighted by molar-refractivity contribution is -0.137. The first-order chi connectivity index (χ1) is 15.5. The lowest BCUT2D eigenvalue weighted by Crippen LogP contribution is -2.19. The zero-order chi connectivity index (χ0) is 24.2. The van der Waals surface area contributed by atoms with Crippen LogP contribution in [0.1, 0.15) is 27.9 Å². The van der Waals surface area contributed by atoms with Crippen LogP contribution >= 0.6 is 0 Å². The molecule has 3 aromatic rings. The number of aromatic amines is 1. The third-order valence-corrected chi connectivity index (χ3v) is 4.54. The first kappa shape index (κ1) is 24.0. The molecule has 0 bridgehead atoms. The van der Waals surface area contributed by atoms with E-state index in [1.165, 1.54) is 18.3 Å². The summed E-state index contributed by atoms with van der Waals surface area (Å²) < 4.78 is 59.2. The molecule has 174 valence electrons. The zero-order valence-corrected chi connectivity index (χ0v) is 16.9. The highest BCUT2D eigenvalue weighted by Crippen LogP contribution is 2.36. The van der Waals surface area contributed by atoms with Crippen LogP contribution in [0.15, 0.2) is 59.5 Å². The summed E-state index contributed by atoms with van der Waals surface area (Å²) in [6.45, 7) is 0. The second kappa shape index (κ2) is 9.84. The molecule has 1 atom stereocenters. The fourth-order valence-electron chi connectivity index (χ4n) is 2.96. The van der Waals surface area contributed by atoms with Crippen LogP contribution in [-0.2, 0) is 12.6 Å². The van der Waals surface area contributed by atoms with E-state index in [1.54, 1.807) is 0 Å². The van der Waals surface area contributed by atoms with Crippen molar-refractivity contribution in [3.63, 3.8) is 0 Å². The molecule has 1 unspecified atom stereocenters. The molecular formula is C22H19F4N3O4. The van der Waals surface area contributed by atoms with Crippen molar-refractivity contribution in [1.82, 2.24) is 4.98 Å². The number of nitrogens with two attached hydrogens (primary N) is 1. The lowest BCUT2D eigenvalue weighted by atomic mass is 10.1. The Balaban J connectivity index is 2.00. The Hall–Kier alpha value is -3.70. The second-order valence-electron chi connectivity index (χ2n) is 7.06. The number of halogens is 4. The Morgan fingerprint density at radius 2 is 1.88 bits per heavy atom. The number of aliphatic hydroxyl groups is 1. The van der Waals surface area contributed by atoms with E-state index in [4.69, 9.17) is 10.5 Å². The Bertz CT molecular complexity index is 1210. The minimum absolute atomic E-state index is 0.0124. The first-order valence-corrected chi connectivity index (χ1v) is 9.64. The number of aliphatic hydroxyl groups excluding tert-OH is 1. The summed E-state index contributed by atoms with van der Waals surface area (Å²) in [5, 5.41) is 11.7. The molecule has 3 rings (SSSR count). The van der Waals surface area contributed by atoms with Gasteiger partial charge in [-0.1, -0.05) is 0 Å². The summed E-state index contributed by atoms with van der Waals surface area (Å²) in [7, 11) is 0. The van der Waals surface area contributed by atoms with Gasteiger partial charge in [0.1, 0.15) is 23.5 Å². The number of hydrogen-bond donors (Lipinski definition) is 4. The molecule has 5 N–H and O–H groups in total. The van der Waals surface area contributed by atoms with Crippen molar-refractivity contribution in [3.05, 3.63) is 87.6 Å². The number of carbonyl (C=O) groups is 1. The van der Waals surface area contributed by atoms with E-state index in [1.807, 2.05) is 0 Å². The maximum Gasteiger partial charge on any atom is 0.416 e. The Morgan fingerprint density at radius 3 is 2.55 bits per heavy atom. The van der Waals surface area contributed by atoms with Crippen LogP contribution in [0.5, 0.6) is 11.5 Å². The van der Waals surface area contributed by atoms with Crippen LogP contribution in [0.3, 0.4) is 0 Å². The molecule has 1 aromatic heterocycles. The van der Waals surface area contributed by atoms with Crippen molar-refractivity contribution in [1.29, 1.82) is 0 Å². The molecule has 33 heavy (non-hydrogen) atoms. The third-order valence-electron chi connectivity index (χ3n) is 4.54. The van der Waals surface area contributed by atoms with Crippen molar-refractivity contribution in [2.75, 3.05) is 5.32 Å². The SMILES string of the molecule is NC(O)CCc1cc(F)ccc1Oc1cc(C(F)(F)F)ccc1C(=O)Nc1cc[nH]c(=O)c1. The largest absolute Gasteiger partial charge is 0.456 e. The topological polar surface area (TPSA) is 117 Å². The van der Waals surface area contributed by atoms with Gasteiger partial charge in [0.05, 0.1) is 11.1 Å². The van der Waals surface area contributed by atoms with Gasteiger partial charge in [0.25, 0.3) is 5.91 Å². The number of rotatable bonds is 7. The fourth-order valence-corrected chi connectivity index (χ4v) is 2.96. The van der Waals surface area contributed by atoms with Gasteiger partial charge in [-0.05, 0) is 60.9 Å². The van der Waals surface area contributed by atoms with Crippen LogP contribution < -0.4 is 21.3 Å². The molecule has 0 radical (unpaired) electrons. The predicted octanol–water partition coefficient (Wildman–Crippen LogP) is 3.79. The van der Waals surface area contributed by atoms with Gasteiger partial charge in [-0.25, -0.2) is 4.39 Å². The third kappa shape index (κ3) is 6.40. The average Bonchev–Trinajstić information content (AvgIpc) is 2.73. The smallest absolute Gasteiger partial charge is 0.416 e. The van der Waals surface area contributed by atoms with E-state index in [0.29, 0.717) is 6.07 Å². The second-order valence-corrected chi connectivity index (χ2v) is 7.06. The van der Waals surface area contributed by atoms with E-state index >= 15 is 0 Å². The summed E-state index contributed by atoms with van der Waals surface area (Å²) in [5.74, 6) is -1.90. The van der Waals surface area contributed by atoms with E-state index in [0.717, 1.165) is 30.3 Å². The molecule has 0 saturated heterocycles. The number of ether oxygens (including phenoxy) is 1. The van der Waals surface area contributed by atoms with Crippen molar-refractivity contribution in [2.45, 2.75) is 25.2 Å². The number of pyridine rings is 1. The number of nitrogens with one attached hydrogen (secondary N) is 2. The summed E-state index contributed by atoms with van der Waals surface area (Å²) in [5.41, 5.74) is 3.86. The van der Waals surface area contributed by atoms with E-state index < -0.39 is 41.0 Å². The van der Waals surface area contributed by atoms with Crippen LogP contribution in [0, 0.1) is 5.82 Å². The maximum absolute atomic E-state index is 13.7. The number of anilines is 1. The summed E-state index contributed by atoms with van der Waals surface area (Å²) in [6.07, 6.45) is -4.51. The van der Waals surface area contributed by atoms with Gasteiger partial charge in [0.15, 0.2) is 0 Å². The summed E-state index contributed by atoms with van der Waals surface area (Å²) >= 11 is 0. The Labute approximate surface area is 184 Å². The number of aromatic nitrogens is 1. The van der Waals surface area contributed by atoms with Crippen LogP contribution in [0.4, 0.5) is 23.2 Å². The number of H-pyrrole nitrogens is 1. The highest BCUT2D eigenvalue weighted by Gasteiger charge is 2.32. The molecule has 0 spiro atoms. The molecule has 2 aromatic carbocycles. The average molecular weight is 465 g/mol. The van der Waals surface area contributed by atoms with Gasteiger partial charge in [0.2, 0.25) is 5.56 Å². The monoisotopic (exact) mass is 465 g/mol. The molecular weight excluding hydrogens is 446 g/mol. The summed E-state index contributed by atoms with van der Waals surface area (Å²) in [4.78, 5) is 26.6. The first-order valence-electron chi connectivity index (χ1n) is 9.64. The van der Waals surface area contributed by atoms with E-state index in [2.05, 4.69) is 10.3 Å². The Kier molecular flexibility index (Phi) is 7.14. The maximum atomic E-state index is 13.7. The Morgan fingerprint density at radius 1 is 1.12 bits per heavy atom. The molecule has 0 fully saturated rings. The molecule has 0 aliphatic heterocycles. The van der Waals surface area contributed by atoms with Crippen molar-refractivity contribution in [2.24, 2.45) is 5.73 Å². The molecule has 1 heterocycles.